The normalized spacial score (nSPS) is 18.5. The van der Waals surface area contributed by atoms with Crippen molar-refractivity contribution in [2.24, 2.45) is 10.7 Å². The Labute approximate surface area is 108 Å². The summed E-state index contributed by atoms with van der Waals surface area (Å²) in [6.07, 6.45) is 5.39. The summed E-state index contributed by atoms with van der Waals surface area (Å²) in [4.78, 5) is 10.8. The van der Waals surface area contributed by atoms with Crippen LogP contribution in [-0.2, 0) is 0 Å². The van der Waals surface area contributed by atoms with Gasteiger partial charge in [0, 0.05) is 11.7 Å². The largest absolute Gasteiger partial charge is 0.370 e. The van der Waals surface area contributed by atoms with Crippen LogP contribution in [0.1, 0.15) is 19.3 Å². The number of rotatable bonds is 4. The maximum Gasteiger partial charge on any atom is 0.194 e. The Morgan fingerprint density at radius 2 is 2.28 bits per heavy atom. The number of nitrogens with zero attached hydrogens (tertiary/aromatic N) is 3. The second kappa shape index (κ2) is 5.35. The molecule has 5 nitrogen and oxygen atoms in total. The first-order valence-electron chi connectivity index (χ1n) is 6.28. The molecule has 1 aromatic heterocycles. The summed E-state index contributed by atoms with van der Waals surface area (Å²) in [6.45, 7) is 0.742. The molecule has 0 spiro atoms. The molecule has 0 unspecified atom stereocenters. The molecule has 0 bridgehead atoms. The van der Waals surface area contributed by atoms with Crippen molar-refractivity contribution in [2.75, 3.05) is 26.0 Å². The first-order valence-corrected chi connectivity index (χ1v) is 6.28. The molecule has 1 heterocycles. The van der Waals surface area contributed by atoms with Gasteiger partial charge >= 0.3 is 0 Å². The van der Waals surface area contributed by atoms with Crippen LogP contribution in [0.15, 0.2) is 29.4 Å². The highest BCUT2D eigenvalue weighted by Crippen LogP contribution is 2.36. The summed E-state index contributed by atoms with van der Waals surface area (Å²) in [5.41, 5.74) is 6.08. The fourth-order valence-corrected chi connectivity index (χ4v) is 2.17. The van der Waals surface area contributed by atoms with Crippen molar-refractivity contribution in [2.45, 2.75) is 24.8 Å². The van der Waals surface area contributed by atoms with Crippen LogP contribution in [0.2, 0.25) is 0 Å². The van der Waals surface area contributed by atoms with Gasteiger partial charge in [-0.25, -0.2) is 4.98 Å². The SMILES string of the molecule is CN(C)C1(CN=C(N)Nc2ccccn2)CCC1. The first kappa shape index (κ1) is 12.8. The molecular weight excluding hydrogens is 226 g/mol. The van der Waals surface area contributed by atoms with E-state index in [1.807, 2.05) is 18.2 Å². The topological polar surface area (TPSA) is 66.5 Å². The number of anilines is 1. The number of hydrogen-bond donors (Lipinski definition) is 2. The lowest BCUT2D eigenvalue weighted by molar-refractivity contribution is 0.0700. The van der Waals surface area contributed by atoms with E-state index in [4.69, 9.17) is 5.73 Å². The number of guanidine groups is 1. The lowest BCUT2D eigenvalue weighted by Gasteiger charge is -2.46. The van der Waals surface area contributed by atoms with E-state index in [0.717, 1.165) is 12.4 Å². The molecule has 1 aliphatic rings. The maximum absolute atomic E-state index is 5.87. The quantitative estimate of drug-likeness (QED) is 0.621. The lowest BCUT2D eigenvalue weighted by atomic mass is 9.76. The van der Waals surface area contributed by atoms with Gasteiger partial charge in [0.1, 0.15) is 5.82 Å². The molecule has 0 aromatic carbocycles. The van der Waals surface area contributed by atoms with E-state index >= 15 is 0 Å². The van der Waals surface area contributed by atoms with Gasteiger partial charge in [-0.15, -0.1) is 0 Å². The molecule has 1 aliphatic carbocycles. The molecule has 0 amide bonds. The Hall–Kier alpha value is -1.62. The Morgan fingerprint density at radius 1 is 1.50 bits per heavy atom. The summed E-state index contributed by atoms with van der Waals surface area (Å²) >= 11 is 0. The average Bonchev–Trinajstić information content (AvgIpc) is 2.28. The molecule has 98 valence electrons. The number of aliphatic imine (C=N–C) groups is 1. The average molecular weight is 247 g/mol. The van der Waals surface area contributed by atoms with Gasteiger partial charge in [0.15, 0.2) is 5.96 Å². The molecule has 0 aliphatic heterocycles. The van der Waals surface area contributed by atoms with Gasteiger partial charge in [0.05, 0.1) is 6.54 Å². The third-order valence-corrected chi connectivity index (χ3v) is 3.70. The van der Waals surface area contributed by atoms with Gasteiger partial charge in [-0.2, -0.15) is 0 Å². The van der Waals surface area contributed by atoms with E-state index in [9.17, 15) is 0 Å². The van der Waals surface area contributed by atoms with Crippen LogP contribution in [0.5, 0.6) is 0 Å². The van der Waals surface area contributed by atoms with E-state index in [1.54, 1.807) is 6.20 Å². The Kier molecular flexibility index (Phi) is 3.81. The molecule has 1 saturated carbocycles. The molecule has 1 fully saturated rings. The molecule has 1 aromatic rings. The monoisotopic (exact) mass is 247 g/mol. The van der Waals surface area contributed by atoms with Crippen molar-refractivity contribution in [3.05, 3.63) is 24.4 Å². The minimum absolute atomic E-state index is 0.205. The minimum atomic E-state index is 0.205. The smallest absolute Gasteiger partial charge is 0.194 e. The number of nitrogens with one attached hydrogen (secondary N) is 1. The Morgan fingerprint density at radius 3 is 2.78 bits per heavy atom. The second-order valence-corrected chi connectivity index (χ2v) is 5.01. The van der Waals surface area contributed by atoms with Crippen molar-refractivity contribution in [1.82, 2.24) is 9.88 Å². The van der Waals surface area contributed by atoms with Gasteiger partial charge in [0.25, 0.3) is 0 Å². The molecule has 5 heteroatoms. The van der Waals surface area contributed by atoms with Gasteiger partial charge in [0.2, 0.25) is 0 Å². The summed E-state index contributed by atoms with van der Waals surface area (Å²) in [5.74, 6) is 1.16. The molecule has 2 rings (SSSR count). The molecule has 0 radical (unpaired) electrons. The van der Waals surface area contributed by atoms with E-state index in [2.05, 4.69) is 34.3 Å². The van der Waals surface area contributed by atoms with Crippen LogP contribution in [0, 0.1) is 0 Å². The molecule has 3 N–H and O–H groups in total. The van der Waals surface area contributed by atoms with Crippen LogP contribution in [0.25, 0.3) is 0 Å². The number of likely N-dealkylation sites (N-methyl/N-ethyl adjacent to an activating group) is 1. The molecular formula is C13H21N5. The summed E-state index contributed by atoms with van der Waals surface area (Å²) in [6, 6.07) is 5.65. The maximum atomic E-state index is 5.87. The van der Waals surface area contributed by atoms with Crippen molar-refractivity contribution in [3.8, 4) is 0 Å². The zero-order valence-corrected chi connectivity index (χ0v) is 11.1. The fraction of sp³-hybridized carbons (Fsp3) is 0.538. The predicted octanol–water partition coefficient (Wildman–Crippen LogP) is 1.29. The van der Waals surface area contributed by atoms with Crippen molar-refractivity contribution < 1.29 is 0 Å². The van der Waals surface area contributed by atoms with Crippen molar-refractivity contribution >= 4 is 11.8 Å². The second-order valence-electron chi connectivity index (χ2n) is 5.01. The fourth-order valence-electron chi connectivity index (χ4n) is 2.17. The Bertz CT molecular complexity index is 409. The van der Waals surface area contributed by atoms with Crippen LogP contribution < -0.4 is 11.1 Å². The van der Waals surface area contributed by atoms with E-state index in [1.165, 1.54) is 19.3 Å². The number of hydrogen-bond acceptors (Lipinski definition) is 3. The highest BCUT2D eigenvalue weighted by molar-refractivity contribution is 5.91. The Balaban J connectivity index is 1.93. The highest BCUT2D eigenvalue weighted by Gasteiger charge is 2.38. The molecule has 18 heavy (non-hydrogen) atoms. The predicted molar refractivity (Wildman–Crippen MR) is 74.6 cm³/mol. The zero-order valence-electron chi connectivity index (χ0n) is 11.1. The zero-order chi connectivity index (χ0) is 13.0. The van der Waals surface area contributed by atoms with E-state index in [-0.39, 0.29) is 5.54 Å². The molecule has 0 atom stereocenters. The van der Waals surface area contributed by atoms with Crippen molar-refractivity contribution in [3.63, 3.8) is 0 Å². The standard InChI is InChI=1S/C13H21N5/c1-18(2)13(7-5-8-13)10-16-12(14)17-11-6-3-4-9-15-11/h3-4,6,9H,5,7-8,10H2,1-2H3,(H3,14,15,16,17). The van der Waals surface area contributed by atoms with Crippen molar-refractivity contribution in [1.29, 1.82) is 0 Å². The van der Waals surface area contributed by atoms with Crippen LogP contribution in [0.4, 0.5) is 5.82 Å². The van der Waals surface area contributed by atoms with Gasteiger partial charge in [-0.1, -0.05) is 6.07 Å². The third kappa shape index (κ3) is 2.79. The first-order chi connectivity index (χ1) is 8.62. The molecule has 0 saturated heterocycles. The number of nitrogens with two attached hydrogens (primary N) is 1. The lowest BCUT2D eigenvalue weighted by Crippen LogP contribution is -2.52. The number of pyridine rings is 1. The van der Waals surface area contributed by atoms with Gasteiger partial charge in [-0.3, -0.25) is 4.99 Å². The minimum Gasteiger partial charge on any atom is -0.370 e. The van der Waals surface area contributed by atoms with Gasteiger partial charge < -0.3 is 16.0 Å². The number of aromatic nitrogens is 1. The van der Waals surface area contributed by atoms with Crippen LogP contribution in [-0.4, -0.2) is 42.0 Å². The highest BCUT2D eigenvalue weighted by atomic mass is 15.2. The van der Waals surface area contributed by atoms with Crippen LogP contribution in [0.3, 0.4) is 0 Å². The van der Waals surface area contributed by atoms with Gasteiger partial charge in [-0.05, 0) is 45.5 Å². The van der Waals surface area contributed by atoms with E-state index in [0.29, 0.717) is 5.96 Å². The summed E-state index contributed by atoms with van der Waals surface area (Å²) in [5, 5.41) is 3.00. The summed E-state index contributed by atoms with van der Waals surface area (Å²) in [7, 11) is 4.22. The summed E-state index contributed by atoms with van der Waals surface area (Å²) < 4.78 is 0. The van der Waals surface area contributed by atoms with Crippen LogP contribution >= 0.6 is 0 Å². The third-order valence-electron chi connectivity index (χ3n) is 3.70. The van der Waals surface area contributed by atoms with E-state index < -0.39 is 0 Å².